The topological polar surface area (TPSA) is 38.7 Å². The Morgan fingerprint density at radius 2 is 0.760 bits per heavy atom. The van der Waals surface area contributed by atoms with Gasteiger partial charge >= 0.3 is 0 Å². The number of hydrogen-bond acceptors (Lipinski definition) is 3. The van der Waals surface area contributed by atoms with Crippen LogP contribution < -0.4 is 0 Å². The zero-order valence-electron chi connectivity index (χ0n) is 31.9. The van der Waals surface area contributed by atoms with Crippen molar-refractivity contribution in [2.24, 2.45) is 0 Å². The number of nitrogens with zero attached hydrogens (tertiary/aromatic N) is 3. The van der Waals surface area contributed by atoms with E-state index in [1.54, 1.807) is 0 Å². The van der Waals surface area contributed by atoms with E-state index >= 15 is 0 Å². The van der Waals surface area contributed by atoms with Crippen LogP contribution in [0.2, 0.25) is 0 Å². The molecular weight excluding hydrogens is 607 g/mol. The van der Waals surface area contributed by atoms with Gasteiger partial charge in [0.1, 0.15) is 0 Å². The summed E-state index contributed by atoms with van der Waals surface area (Å²) in [5.41, 5.74) is 7.61. The van der Waals surface area contributed by atoms with E-state index in [0.29, 0.717) is 22.8 Å². The summed E-state index contributed by atoms with van der Waals surface area (Å²) in [7, 11) is 0. The lowest BCUT2D eigenvalue weighted by Crippen LogP contribution is -2.00. The molecule has 50 heavy (non-hydrogen) atoms. The van der Waals surface area contributed by atoms with E-state index in [-0.39, 0.29) is 23.5 Å². The van der Waals surface area contributed by atoms with Crippen LogP contribution >= 0.6 is 0 Å². The van der Waals surface area contributed by atoms with Gasteiger partial charge in [-0.2, -0.15) is 0 Å². The minimum atomic E-state index is -0.478. The first-order valence-electron chi connectivity index (χ1n) is 19.0. The molecular formula is C47H31N3. The lowest BCUT2D eigenvalue weighted by molar-refractivity contribution is 1.07. The summed E-state index contributed by atoms with van der Waals surface area (Å²) < 4.78 is 42.5. The molecule has 0 aliphatic rings. The van der Waals surface area contributed by atoms with Crippen molar-refractivity contribution >= 4 is 21.5 Å². The van der Waals surface area contributed by atoms with E-state index in [2.05, 4.69) is 72.8 Å². The van der Waals surface area contributed by atoms with Gasteiger partial charge in [-0.15, -0.1) is 0 Å². The second-order valence-electron chi connectivity index (χ2n) is 12.1. The summed E-state index contributed by atoms with van der Waals surface area (Å²) >= 11 is 0. The molecule has 8 aromatic carbocycles. The average molecular weight is 643 g/mol. The standard InChI is InChI=1S/C47H31N3/c1-3-14-32(15-4-1)41-28-29-42(44-26-10-9-25-43(41)44)36-21-12-23-38(31-36)47-49-45(34-17-5-2-6-18-34)48-46(50-47)37-22-11-20-35(30-37)40-27-13-19-33-16-7-8-24-39(33)40/h1-31H/i2D,5D,6D,17D,18D. The van der Waals surface area contributed by atoms with Gasteiger partial charge in [-0.25, -0.2) is 15.0 Å². The van der Waals surface area contributed by atoms with Crippen molar-refractivity contribution in [2.45, 2.75) is 0 Å². The number of rotatable bonds is 6. The predicted molar refractivity (Wildman–Crippen MR) is 207 cm³/mol. The van der Waals surface area contributed by atoms with Gasteiger partial charge < -0.3 is 0 Å². The van der Waals surface area contributed by atoms with Crippen molar-refractivity contribution in [3.05, 3.63) is 188 Å². The molecule has 0 spiro atoms. The smallest absolute Gasteiger partial charge is 0.164 e. The molecule has 3 nitrogen and oxygen atoms in total. The molecule has 0 aliphatic carbocycles. The molecule has 0 radical (unpaired) electrons. The summed E-state index contributed by atoms with van der Waals surface area (Å²) in [6.45, 7) is 0. The Balaban J connectivity index is 1.23. The van der Waals surface area contributed by atoms with E-state index in [4.69, 9.17) is 21.8 Å². The van der Waals surface area contributed by atoms with Gasteiger partial charge in [0.05, 0.1) is 6.85 Å². The first-order valence-corrected chi connectivity index (χ1v) is 16.5. The fourth-order valence-electron chi connectivity index (χ4n) is 6.66. The van der Waals surface area contributed by atoms with Crippen LogP contribution in [0.1, 0.15) is 6.85 Å². The van der Waals surface area contributed by atoms with Crippen LogP contribution in [0.5, 0.6) is 0 Å². The molecule has 0 aliphatic heterocycles. The third kappa shape index (κ3) is 5.51. The Hall–Kier alpha value is -6.71. The van der Waals surface area contributed by atoms with Gasteiger partial charge in [-0.3, -0.25) is 0 Å². The van der Waals surface area contributed by atoms with Crippen molar-refractivity contribution in [2.75, 3.05) is 0 Å². The molecule has 0 unspecified atom stereocenters. The molecule has 0 saturated heterocycles. The maximum absolute atomic E-state index is 8.78. The third-order valence-electron chi connectivity index (χ3n) is 9.02. The highest BCUT2D eigenvalue weighted by atomic mass is 15.0. The molecule has 0 atom stereocenters. The summed E-state index contributed by atoms with van der Waals surface area (Å²) in [4.78, 5) is 14.6. The fourth-order valence-corrected chi connectivity index (χ4v) is 6.66. The fraction of sp³-hybridized carbons (Fsp3) is 0. The molecule has 0 amide bonds. The Kier molecular flexibility index (Phi) is 6.22. The molecule has 0 saturated carbocycles. The number of hydrogen-bond donors (Lipinski definition) is 0. The summed E-state index contributed by atoms with van der Waals surface area (Å²) in [5.74, 6) is 0.627. The highest BCUT2D eigenvalue weighted by molar-refractivity contribution is 6.05. The Bertz CT molecular complexity index is 2910. The van der Waals surface area contributed by atoms with Crippen molar-refractivity contribution in [3.8, 4) is 67.5 Å². The minimum absolute atomic E-state index is 0.00405. The third-order valence-corrected chi connectivity index (χ3v) is 9.02. The molecule has 0 N–H and O–H groups in total. The Morgan fingerprint density at radius 1 is 0.320 bits per heavy atom. The highest BCUT2D eigenvalue weighted by Gasteiger charge is 2.15. The first-order chi connectivity index (χ1) is 26.9. The van der Waals surface area contributed by atoms with Crippen LogP contribution in [-0.2, 0) is 0 Å². The molecule has 0 fully saturated rings. The average Bonchev–Trinajstić information content (AvgIpc) is 3.24. The SMILES string of the molecule is [2H]c1c([2H])c([2H])c(-c2nc(-c3cccc(-c4cccc5ccccc45)c3)nc(-c3cccc(-c4ccc(-c5ccccc5)c5ccccc45)c3)n2)c([2H])c1[2H]. The van der Waals surface area contributed by atoms with Crippen molar-refractivity contribution in [1.29, 1.82) is 0 Å². The minimum Gasteiger partial charge on any atom is -0.208 e. The lowest BCUT2D eigenvalue weighted by Gasteiger charge is -2.13. The van der Waals surface area contributed by atoms with E-state index in [0.717, 1.165) is 54.9 Å². The van der Waals surface area contributed by atoms with E-state index in [1.807, 2.05) is 84.9 Å². The summed E-state index contributed by atoms with van der Waals surface area (Å²) in [6, 6.07) is 51.2. The van der Waals surface area contributed by atoms with Crippen molar-refractivity contribution < 1.29 is 6.85 Å². The monoisotopic (exact) mass is 642 g/mol. The second kappa shape index (κ2) is 12.7. The van der Waals surface area contributed by atoms with Gasteiger partial charge in [0, 0.05) is 16.7 Å². The van der Waals surface area contributed by atoms with Gasteiger partial charge in [-0.05, 0) is 67.1 Å². The molecule has 9 rings (SSSR count). The van der Waals surface area contributed by atoms with Gasteiger partial charge in [0.25, 0.3) is 0 Å². The maximum atomic E-state index is 8.78. The maximum Gasteiger partial charge on any atom is 0.164 e. The van der Waals surface area contributed by atoms with Crippen LogP contribution in [0.25, 0.3) is 89.1 Å². The number of aromatic nitrogens is 3. The number of fused-ring (bicyclic) bond motifs is 2. The summed E-state index contributed by atoms with van der Waals surface area (Å²) in [6.07, 6.45) is 0. The zero-order valence-corrected chi connectivity index (χ0v) is 26.9. The molecule has 3 heteroatoms. The van der Waals surface area contributed by atoms with Crippen LogP contribution in [0, 0.1) is 0 Å². The quantitative estimate of drug-likeness (QED) is 0.181. The van der Waals surface area contributed by atoms with Crippen molar-refractivity contribution in [3.63, 3.8) is 0 Å². The first kappa shape index (κ1) is 24.4. The lowest BCUT2D eigenvalue weighted by atomic mass is 9.91. The molecule has 234 valence electrons. The normalized spacial score (nSPS) is 12.6. The van der Waals surface area contributed by atoms with Gasteiger partial charge in [-0.1, -0.05) is 176 Å². The van der Waals surface area contributed by atoms with E-state index in [1.165, 1.54) is 0 Å². The zero-order chi connectivity index (χ0) is 37.6. The number of benzene rings is 8. The second-order valence-corrected chi connectivity index (χ2v) is 12.1. The van der Waals surface area contributed by atoms with Gasteiger partial charge in [0.15, 0.2) is 17.5 Å². The van der Waals surface area contributed by atoms with E-state index in [9.17, 15) is 0 Å². The Morgan fingerprint density at radius 3 is 1.40 bits per heavy atom. The van der Waals surface area contributed by atoms with Crippen LogP contribution in [0.3, 0.4) is 0 Å². The van der Waals surface area contributed by atoms with Gasteiger partial charge in [0.2, 0.25) is 0 Å². The van der Waals surface area contributed by atoms with Crippen molar-refractivity contribution in [1.82, 2.24) is 15.0 Å². The highest BCUT2D eigenvalue weighted by Crippen LogP contribution is 2.37. The van der Waals surface area contributed by atoms with Crippen LogP contribution in [0.15, 0.2) is 188 Å². The van der Waals surface area contributed by atoms with Crippen LogP contribution in [-0.4, -0.2) is 15.0 Å². The van der Waals surface area contributed by atoms with E-state index < -0.39 is 18.1 Å². The predicted octanol–water partition coefficient (Wildman–Crippen LogP) is 12.2. The van der Waals surface area contributed by atoms with Crippen LogP contribution in [0.4, 0.5) is 0 Å². The summed E-state index contributed by atoms with van der Waals surface area (Å²) in [5, 5.41) is 4.47. The molecule has 1 aromatic heterocycles. The molecule has 1 heterocycles. The molecule has 0 bridgehead atoms. The largest absolute Gasteiger partial charge is 0.208 e. The molecule has 9 aromatic rings. The Labute approximate surface area is 298 Å².